The number of aliphatic imine (C=N–C) groups is 1. The summed E-state index contributed by atoms with van der Waals surface area (Å²) in [4.78, 5) is 21.0. The molecule has 0 fully saturated rings. The first kappa shape index (κ1) is 27.7. The van der Waals surface area contributed by atoms with Crippen molar-refractivity contribution in [2.24, 2.45) is 10.7 Å². The SMILES string of the molecule is COC[C@@]1(C)C[C@@](C)(c2cc(NC(=O)c3ncc(OCC(F)(F)F)cc3C)cc(F)c2F)N=C(N)S1. The average molecular weight is 533 g/mol. The molecule has 0 bridgehead atoms. The number of ether oxygens (including phenoxy) is 2. The van der Waals surface area contributed by atoms with Gasteiger partial charge in [-0.3, -0.25) is 9.79 Å². The van der Waals surface area contributed by atoms with Crippen LogP contribution in [0.2, 0.25) is 0 Å². The van der Waals surface area contributed by atoms with Gasteiger partial charge in [0.1, 0.15) is 11.4 Å². The van der Waals surface area contributed by atoms with Gasteiger partial charge < -0.3 is 20.5 Å². The molecule has 1 aliphatic heterocycles. The third kappa shape index (κ3) is 6.44. The van der Waals surface area contributed by atoms with E-state index in [2.05, 4.69) is 20.0 Å². The Morgan fingerprint density at radius 3 is 2.56 bits per heavy atom. The number of nitrogens with zero attached hydrogens (tertiary/aromatic N) is 2. The Hall–Kier alpha value is -2.93. The molecule has 1 aromatic heterocycles. The van der Waals surface area contributed by atoms with Gasteiger partial charge in [-0.25, -0.2) is 13.8 Å². The Labute approximate surface area is 208 Å². The minimum Gasteiger partial charge on any atom is -0.482 e. The standard InChI is InChI=1S/C23H25F5N4O3S/c1-12-5-14(35-11-23(26,27)28)8-30-18(12)19(33)31-13-6-15(17(25)16(24)7-13)22(3)9-21(2,10-34-4)36-20(29)32-22/h5-8H,9-11H2,1-4H3,(H2,29,32)(H,31,33)/t21-,22+/m1/s1. The van der Waals surface area contributed by atoms with Gasteiger partial charge in [0.25, 0.3) is 5.91 Å². The summed E-state index contributed by atoms with van der Waals surface area (Å²) in [5.41, 5.74) is 4.68. The molecule has 0 saturated carbocycles. The predicted molar refractivity (Wildman–Crippen MR) is 126 cm³/mol. The van der Waals surface area contributed by atoms with Gasteiger partial charge in [-0.15, -0.1) is 0 Å². The fraction of sp³-hybridized carbons (Fsp3) is 0.435. The van der Waals surface area contributed by atoms with E-state index < -0.39 is 40.6 Å². The number of hydrogen-bond donors (Lipinski definition) is 2. The predicted octanol–water partition coefficient (Wildman–Crippen LogP) is 4.93. The molecule has 2 aromatic rings. The van der Waals surface area contributed by atoms with E-state index in [1.165, 1.54) is 37.9 Å². The van der Waals surface area contributed by atoms with Gasteiger partial charge in [0.15, 0.2) is 23.4 Å². The molecule has 2 atom stereocenters. The maximum Gasteiger partial charge on any atom is 0.422 e. The highest BCUT2D eigenvalue weighted by molar-refractivity contribution is 8.15. The first-order valence-corrected chi connectivity index (χ1v) is 11.5. The summed E-state index contributed by atoms with van der Waals surface area (Å²) in [6.45, 7) is 3.72. The molecule has 36 heavy (non-hydrogen) atoms. The molecule has 0 saturated heterocycles. The number of amides is 1. The van der Waals surface area contributed by atoms with Gasteiger partial charge in [-0.2, -0.15) is 13.2 Å². The Morgan fingerprint density at radius 2 is 1.94 bits per heavy atom. The van der Waals surface area contributed by atoms with E-state index in [1.807, 2.05) is 6.92 Å². The molecule has 7 nitrogen and oxygen atoms in total. The fourth-order valence-corrected chi connectivity index (χ4v) is 5.42. The number of nitrogens with two attached hydrogens (primary N) is 1. The first-order valence-electron chi connectivity index (χ1n) is 10.6. The number of amidine groups is 1. The number of carbonyl (C=O) groups is 1. The highest BCUT2D eigenvalue weighted by Gasteiger charge is 2.44. The minimum atomic E-state index is -4.53. The van der Waals surface area contributed by atoms with Crippen LogP contribution in [0.25, 0.3) is 0 Å². The Bertz CT molecular complexity index is 1190. The van der Waals surface area contributed by atoms with Crippen LogP contribution >= 0.6 is 11.8 Å². The van der Waals surface area contributed by atoms with E-state index in [9.17, 15) is 26.7 Å². The van der Waals surface area contributed by atoms with Crippen molar-refractivity contribution in [2.75, 3.05) is 25.6 Å². The lowest BCUT2D eigenvalue weighted by Gasteiger charge is -2.41. The van der Waals surface area contributed by atoms with Gasteiger partial charge in [-0.05, 0) is 44.9 Å². The Balaban J connectivity index is 1.88. The maximum absolute atomic E-state index is 15.0. The van der Waals surface area contributed by atoms with Crippen LogP contribution in [0, 0.1) is 18.6 Å². The zero-order valence-corrected chi connectivity index (χ0v) is 20.7. The summed E-state index contributed by atoms with van der Waals surface area (Å²) in [6.07, 6.45) is -3.29. The monoisotopic (exact) mass is 532 g/mol. The molecule has 0 radical (unpaired) electrons. The number of aryl methyl sites for hydroxylation is 1. The van der Waals surface area contributed by atoms with Crippen molar-refractivity contribution in [1.82, 2.24) is 4.98 Å². The summed E-state index contributed by atoms with van der Waals surface area (Å²) >= 11 is 1.28. The summed E-state index contributed by atoms with van der Waals surface area (Å²) in [5.74, 6) is -3.28. The number of hydrogen-bond acceptors (Lipinski definition) is 7. The van der Waals surface area contributed by atoms with E-state index in [4.69, 9.17) is 10.5 Å². The number of rotatable bonds is 7. The summed E-state index contributed by atoms with van der Waals surface area (Å²) in [7, 11) is 1.52. The zero-order valence-electron chi connectivity index (χ0n) is 19.9. The molecular weight excluding hydrogens is 507 g/mol. The number of nitrogens with one attached hydrogen (secondary N) is 1. The van der Waals surface area contributed by atoms with E-state index >= 15 is 0 Å². The van der Waals surface area contributed by atoms with E-state index in [0.29, 0.717) is 0 Å². The number of pyridine rings is 1. The third-order valence-corrected chi connectivity index (χ3v) is 6.47. The van der Waals surface area contributed by atoms with Gasteiger partial charge in [0.2, 0.25) is 0 Å². The topological polar surface area (TPSA) is 98.8 Å². The first-order chi connectivity index (χ1) is 16.6. The van der Waals surface area contributed by atoms with E-state index in [1.54, 1.807) is 6.92 Å². The molecule has 1 aromatic carbocycles. The van der Waals surface area contributed by atoms with Crippen molar-refractivity contribution in [3.05, 3.63) is 52.9 Å². The molecule has 1 aliphatic rings. The normalized spacial score (nSPS) is 22.2. The highest BCUT2D eigenvalue weighted by Crippen LogP contribution is 2.46. The Morgan fingerprint density at radius 1 is 1.25 bits per heavy atom. The van der Waals surface area contributed by atoms with E-state index in [-0.39, 0.29) is 46.5 Å². The molecule has 3 N–H and O–H groups in total. The van der Waals surface area contributed by atoms with Crippen LogP contribution in [0.3, 0.4) is 0 Å². The van der Waals surface area contributed by atoms with Crippen molar-refractivity contribution >= 4 is 28.5 Å². The lowest BCUT2D eigenvalue weighted by atomic mass is 9.83. The van der Waals surface area contributed by atoms with Crippen molar-refractivity contribution in [3.63, 3.8) is 0 Å². The number of methoxy groups -OCH3 is 1. The summed E-state index contributed by atoms with van der Waals surface area (Å²) in [5, 5.41) is 2.64. The second-order valence-corrected chi connectivity index (χ2v) is 10.5. The molecule has 3 rings (SSSR count). The summed E-state index contributed by atoms with van der Waals surface area (Å²) < 4.78 is 76.0. The van der Waals surface area contributed by atoms with Crippen LogP contribution in [-0.4, -0.2) is 47.3 Å². The molecule has 196 valence electrons. The summed E-state index contributed by atoms with van der Waals surface area (Å²) in [6, 6.07) is 3.31. The van der Waals surface area contributed by atoms with Gasteiger partial charge in [-0.1, -0.05) is 11.8 Å². The van der Waals surface area contributed by atoms with Crippen LogP contribution in [0.5, 0.6) is 5.75 Å². The molecule has 13 heteroatoms. The van der Waals surface area contributed by atoms with Crippen molar-refractivity contribution in [2.45, 2.75) is 43.7 Å². The number of alkyl halides is 3. The molecular formula is C23H25F5N4O3S. The molecule has 2 heterocycles. The van der Waals surface area contributed by atoms with Crippen molar-refractivity contribution in [1.29, 1.82) is 0 Å². The second-order valence-electron chi connectivity index (χ2n) is 8.90. The fourth-order valence-electron chi connectivity index (χ4n) is 4.14. The molecule has 1 amide bonds. The number of carbonyl (C=O) groups excluding carboxylic acids is 1. The highest BCUT2D eigenvalue weighted by atomic mass is 32.2. The molecule has 0 unspecified atom stereocenters. The largest absolute Gasteiger partial charge is 0.482 e. The Kier molecular flexibility index (Phi) is 7.84. The zero-order chi connectivity index (χ0) is 26.9. The minimum absolute atomic E-state index is 0.0610. The molecule has 0 spiro atoms. The average Bonchev–Trinajstić information content (AvgIpc) is 2.73. The number of aromatic nitrogens is 1. The van der Waals surface area contributed by atoms with Gasteiger partial charge in [0.05, 0.1) is 18.3 Å². The van der Waals surface area contributed by atoms with Crippen molar-refractivity contribution < 1.29 is 36.2 Å². The van der Waals surface area contributed by atoms with Crippen LogP contribution in [-0.2, 0) is 10.3 Å². The number of benzene rings is 1. The van der Waals surface area contributed by atoms with E-state index in [0.717, 1.165) is 12.3 Å². The van der Waals surface area contributed by atoms with Crippen LogP contribution in [0.4, 0.5) is 27.6 Å². The maximum atomic E-state index is 15.0. The second kappa shape index (κ2) is 10.2. The van der Waals surface area contributed by atoms with Crippen LogP contribution in [0.15, 0.2) is 29.4 Å². The van der Waals surface area contributed by atoms with Crippen LogP contribution < -0.4 is 15.8 Å². The lowest BCUT2D eigenvalue weighted by molar-refractivity contribution is -0.153. The molecule has 0 aliphatic carbocycles. The number of anilines is 1. The van der Waals surface area contributed by atoms with Crippen LogP contribution in [0.1, 0.15) is 41.9 Å². The van der Waals surface area contributed by atoms with Crippen molar-refractivity contribution in [3.8, 4) is 5.75 Å². The van der Waals surface area contributed by atoms with Gasteiger partial charge >= 0.3 is 6.18 Å². The van der Waals surface area contributed by atoms with Gasteiger partial charge in [0, 0.05) is 29.2 Å². The third-order valence-electron chi connectivity index (χ3n) is 5.41. The number of thioether (sulfide) groups is 1. The quantitative estimate of drug-likeness (QED) is 0.491. The lowest BCUT2D eigenvalue weighted by Crippen LogP contribution is -2.43. The number of halogens is 5. The smallest absolute Gasteiger partial charge is 0.422 e.